The average molecular weight is 291 g/mol. The average Bonchev–Trinajstić information content (AvgIpc) is 2.54. The molecule has 0 bridgehead atoms. The Labute approximate surface area is 126 Å². The Bertz CT molecular complexity index is 429. The number of carbonyl (C=O) groups excluding carboxylic acids is 1. The minimum atomic E-state index is -0.399. The van der Waals surface area contributed by atoms with Crippen LogP contribution in [-0.2, 0) is 14.3 Å². The number of hydrogen-bond donors (Lipinski definition) is 1. The highest BCUT2D eigenvalue weighted by Gasteiger charge is 2.27. The topological polar surface area (TPSA) is 47.6 Å². The molecule has 1 N–H and O–H groups in total. The lowest BCUT2D eigenvalue weighted by molar-refractivity contribution is -0.146. The van der Waals surface area contributed by atoms with Crippen LogP contribution in [0.5, 0.6) is 0 Å². The van der Waals surface area contributed by atoms with Crippen molar-refractivity contribution in [2.45, 2.75) is 38.8 Å². The molecule has 2 atom stereocenters. The zero-order valence-electron chi connectivity index (χ0n) is 12.9. The van der Waals surface area contributed by atoms with E-state index in [-0.39, 0.29) is 12.0 Å². The van der Waals surface area contributed by atoms with Gasteiger partial charge < -0.3 is 9.47 Å². The van der Waals surface area contributed by atoms with Gasteiger partial charge in [0.25, 0.3) is 0 Å². The summed E-state index contributed by atoms with van der Waals surface area (Å²) in [5.41, 5.74) is 0.954. The number of benzene rings is 1. The first-order chi connectivity index (χ1) is 10.2. The summed E-state index contributed by atoms with van der Waals surface area (Å²) >= 11 is 0. The summed E-state index contributed by atoms with van der Waals surface area (Å²) in [6, 6.07) is 9.63. The summed E-state index contributed by atoms with van der Waals surface area (Å²) in [5.74, 6) is 0.335. The summed E-state index contributed by atoms with van der Waals surface area (Å²) in [6.45, 7) is 6.00. The molecule has 4 heteroatoms. The van der Waals surface area contributed by atoms with E-state index in [2.05, 4.69) is 12.2 Å². The van der Waals surface area contributed by atoms with E-state index < -0.39 is 6.04 Å². The molecule has 1 fully saturated rings. The molecular formula is C17H25NO3. The molecule has 116 valence electrons. The number of hydrogen-bond acceptors (Lipinski definition) is 4. The van der Waals surface area contributed by atoms with Crippen LogP contribution in [-0.4, -0.2) is 31.8 Å². The van der Waals surface area contributed by atoms with Crippen molar-refractivity contribution >= 4 is 5.97 Å². The first-order valence-corrected chi connectivity index (χ1v) is 7.77. The maximum absolute atomic E-state index is 12.3. The van der Waals surface area contributed by atoms with Gasteiger partial charge in [-0.05, 0) is 38.2 Å². The fraction of sp³-hybridized carbons (Fsp3) is 0.588. The lowest BCUT2D eigenvalue weighted by atomic mass is 9.91. The fourth-order valence-corrected chi connectivity index (χ4v) is 2.79. The van der Waals surface area contributed by atoms with Gasteiger partial charge in [-0.3, -0.25) is 5.32 Å². The molecule has 21 heavy (non-hydrogen) atoms. The molecule has 2 unspecified atom stereocenters. The molecule has 0 saturated carbocycles. The summed E-state index contributed by atoms with van der Waals surface area (Å²) in [7, 11) is 0. The van der Waals surface area contributed by atoms with Crippen LogP contribution in [0.2, 0.25) is 0 Å². The Morgan fingerprint density at radius 3 is 2.62 bits per heavy atom. The van der Waals surface area contributed by atoms with Crippen LogP contribution < -0.4 is 5.32 Å². The predicted molar refractivity (Wildman–Crippen MR) is 82.0 cm³/mol. The van der Waals surface area contributed by atoms with Crippen molar-refractivity contribution < 1.29 is 14.3 Å². The van der Waals surface area contributed by atoms with Crippen molar-refractivity contribution in [2.24, 2.45) is 5.92 Å². The van der Waals surface area contributed by atoms with Crippen molar-refractivity contribution in [1.29, 1.82) is 0 Å². The lowest BCUT2D eigenvalue weighted by Crippen LogP contribution is -2.42. The standard InChI is InChI=1S/C17H25NO3/c1-3-21-17(19)16(15-7-5-4-6-8-15)18-13(2)14-9-11-20-12-10-14/h4-8,13-14,16,18H,3,9-12H2,1-2H3. The van der Waals surface area contributed by atoms with Crippen LogP contribution in [0.25, 0.3) is 0 Å². The van der Waals surface area contributed by atoms with E-state index >= 15 is 0 Å². The quantitative estimate of drug-likeness (QED) is 0.819. The lowest BCUT2D eigenvalue weighted by Gasteiger charge is -2.31. The molecular weight excluding hydrogens is 266 g/mol. The van der Waals surface area contributed by atoms with Crippen molar-refractivity contribution in [2.75, 3.05) is 19.8 Å². The molecule has 0 spiro atoms. The summed E-state index contributed by atoms with van der Waals surface area (Å²) in [5, 5.41) is 3.46. The van der Waals surface area contributed by atoms with Gasteiger partial charge in [0.05, 0.1) is 6.61 Å². The predicted octanol–water partition coefficient (Wildman–Crippen LogP) is 2.70. The second kappa shape index (κ2) is 8.15. The molecule has 1 aromatic carbocycles. The highest BCUT2D eigenvalue weighted by molar-refractivity contribution is 5.77. The first kappa shape index (κ1) is 16.0. The van der Waals surface area contributed by atoms with E-state index in [4.69, 9.17) is 9.47 Å². The monoisotopic (exact) mass is 291 g/mol. The normalized spacial score (nSPS) is 19.0. The van der Waals surface area contributed by atoms with Crippen molar-refractivity contribution in [3.8, 4) is 0 Å². The maximum atomic E-state index is 12.3. The van der Waals surface area contributed by atoms with E-state index in [1.807, 2.05) is 37.3 Å². The smallest absolute Gasteiger partial charge is 0.327 e. The van der Waals surface area contributed by atoms with Gasteiger partial charge in [0.2, 0.25) is 0 Å². The Hall–Kier alpha value is -1.39. The summed E-state index contributed by atoms with van der Waals surface area (Å²) < 4.78 is 10.6. The highest BCUT2D eigenvalue weighted by atomic mass is 16.5. The maximum Gasteiger partial charge on any atom is 0.327 e. The van der Waals surface area contributed by atoms with Crippen LogP contribution in [0, 0.1) is 5.92 Å². The van der Waals surface area contributed by atoms with Gasteiger partial charge in [-0.1, -0.05) is 30.3 Å². The van der Waals surface area contributed by atoms with Crippen LogP contribution in [0.3, 0.4) is 0 Å². The van der Waals surface area contributed by atoms with Crippen LogP contribution in [0.1, 0.15) is 38.3 Å². The number of nitrogens with one attached hydrogen (secondary N) is 1. The van der Waals surface area contributed by atoms with E-state index in [9.17, 15) is 4.79 Å². The number of carbonyl (C=O) groups is 1. The molecule has 1 aromatic rings. The van der Waals surface area contributed by atoms with Gasteiger partial charge in [-0.25, -0.2) is 4.79 Å². The molecule has 4 nitrogen and oxygen atoms in total. The SMILES string of the molecule is CCOC(=O)C(NC(C)C1CCOCC1)c1ccccc1. The first-order valence-electron chi connectivity index (χ1n) is 7.77. The number of ether oxygens (including phenoxy) is 2. The minimum Gasteiger partial charge on any atom is -0.465 e. The Morgan fingerprint density at radius 1 is 1.33 bits per heavy atom. The van der Waals surface area contributed by atoms with Crippen LogP contribution >= 0.6 is 0 Å². The van der Waals surface area contributed by atoms with Crippen molar-refractivity contribution in [1.82, 2.24) is 5.32 Å². The molecule has 0 amide bonds. The molecule has 1 heterocycles. The summed E-state index contributed by atoms with van der Waals surface area (Å²) in [6.07, 6.45) is 2.08. The zero-order valence-corrected chi connectivity index (χ0v) is 12.9. The second-order valence-electron chi connectivity index (χ2n) is 5.50. The van der Waals surface area contributed by atoms with E-state index in [0.29, 0.717) is 12.5 Å². The van der Waals surface area contributed by atoms with Crippen molar-refractivity contribution in [3.05, 3.63) is 35.9 Å². The van der Waals surface area contributed by atoms with Gasteiger partial charge in [0.1, 0.15) is 6.04 Å². The Morgan fingerprint density at radius 2 is 2.00 bits per heavy atom. The second-order valence-corrected chi connectivity index (χ2v) is 5.50. The molecule has 1 saturated heterocycles. The Balaban J connectivity index is 2.06. The van der Waals surface area contributed by atoms with E-state index in [1.165, 1.54) is 0 Å². The molecule has 0 radical (unpaired) electrons. The third-order valence-corrected chi connectivity index (χ3v) is 4.06. The molecule has 0 aliphatic carbocycles. The largest absolute Gasteiger partial charge is 0.465 e. The number of rotatable bonds is 6. The minimum absolute atomic E-state index is 0.206. The van der Waals surface area contributed by atoms with Gasteiger partial charge in [-0.15, -0.1) is 0 Å². The molecule has 1 aliphatic heterocycles. The fourth-order valence-electron chi connectivity index (χ4n) is 2.79. The Kier molecular flexibility index (Phi) is 6.21. The van der Waals surface area contributed by atoms with Gasteiger partial charge in [0.15, 0.2) is 0 Å². The van der Waals surface area contributed by atoms with Crippen LogP contribution in [0.4, 0.5) is 0 Å². The van der Waals surface area contributed by atoms with Crippen molar-refractivity contribution in [3.63, 3.8) is 0 Å². The van der Waals surface area contributed by atoms with E-state index in [1.54, 1.807) is 0 Å². The third kappa shape index (κ3) is 4.55. The van der Waals surface area contributed by atoms with Gasteiger partial charge in [0, 0.05) is 19.3 Å². The summed E-state index contributed by atoms with van der Waals surface area (Å²) in [4.78, 5) is 12.3. The van der Waals surface area contributed by atoms with Gasteiger partial charge in [-0.2, -0.15) is 0 Å². The molecule has 2 rings (SSSR count). The molecule has 0 aromatic heterocycles. The zero-order chi connectivity index (χ0) is 15.1. The molecule has 1 aliphatic rings. The highest BCUT2D eigenvalue weighted by Crippen LogP contribution is 2.22. The third-order valence-electron chi connectivity index (χ3n) is 4.06. The number of esters is 1. The van der Waals surface area contributed by atoms with E-state index in [0.717, 1.165) is 31.6 Å². The van der Waals surface area contributed by atoms with Crippen LogP contribution in [0.15, 0.2) is 30.3 Å². The van der Waals surface area contributed by atoms with Gasteiger partial charge >= 0.3 is 5.97 Å².